The van der Waals surface area contributed by atoms with Gasteiger partial charge in [0.1, 0.15) is 18.8 Å². The third-order valence-electron chi connectivity index (χ3n) is 7.26. The molecule has 0 radical (unpaired) electrons. The summed E-state index contributed by atoms with van der Waals surface area (Å²) in [4.78, 5) is 50.9. The zero-order valence-corrected chi connectivity index (χ0v) is 26.9. The number of imidazole rings is 1. The molecule has 1 aliphatic rings. The summed E-state index contributed by atoms with van der Waals surface area (Å²) in [7, 11) is 0. The fourth-order valence-corrected chi connectivity index (χ4v) is 5.14. The van der Waals surface area contributed by atoms with Gasteiger partial charge < -0.3 is 29.2 Å². The van der Waals surface area contributed by atoms with E-state index in [-0.39, 0.29) is 25.6 Å². The SMILES string of the molecule is CC(C)(C)OC(=O)NCc1cc(-c2c(-c3ccc(Cl)cc3)ncn2CC(=O)N2CCN(C(=O)OCc3ccccc3)CC2)ccn1. The summed E-state index contributed by atoms with van der Waals surface area (Å²) in [6.45, 7) is 7.34. The maximum Gasteiger partial charge on any atom is 0.410 e. The van der Waals surface area contributed by atoms with Gasteiger partial charge in [-0.3, -0.25) is 9.78 Å². The number of benzene rings is 2. The molecular weight excluding hydrogens is 608 g/mol. The first-order chi connectivity index (χ1) is 22.1. The zero-order valence-electron chi connectivity index (χ0n) is 26.1. The minimum Gasteiger partial charge on any atom is -0.445 e. The summed E-state index contributed by atoms with van der Waals surface area (Å²) in [5.41, 5.74) is 3.91. The van der Waals surface area contributed by atoms with E-state index in [4.69, 9.17) is 21.1 Å². The Balaban J connectivity index is 1.29. The number of piperazine rings is 1. The van der Waals surface area contributed by atoms with E-state index >= 15 is 0 Å². The summed E-state index contributed by atoms with van der Waals surface area (Å²) in [5.74, 6) is -0.0977. The number of nitrogens with zero attached hydrogens (tertiary/aromatic N) is 5. The van der Waals surface area contributed by atoms with Gasteiger partial charge in [0.25, 0.3) is 0 Å². The highest BCUT2D eigenvalue weighted by atomic mass is 35.5. The normalized spacial score (nSPS) is 13.3. The van der Waals surface area contributed by atoms with E-state index in [0.29, 0.717) is 42.6 Å². The number of amides is 3. The minimum atomic E-state index is -0.621. The third kappa shape index (κ3) is 8.63. The molecule has 12 heteroatoms. The fourth-order valence-electron chi connectivity index (χ4n) is 5.02. The summed E-state index contributed by atoms with van der Waals surface area (Å²) in [6, 6.07) is 20.5. The molecule has 1 fully saturated rings. The van der Waals surface area contributed by atoms with Gasteiger partial charge in [0.2, 0.25) is 5.91 Å². The molecule has 2 aromatic carbocycles. The van der Waals surface area contributed by atoms with Crippen molar-refractivity contribution in [3.05, 3.63) is 95.5 Å². The lowest BCUT2D eigenvalue weighted by atomic mass is 10.0. The van der Waals surface area contributed by atoms with Gasteiger partial charge in [-0.25, -0.2) is 14.6 Å². The molecule has 1 saturated heterocycles. The first-order valence-electron chi connectivity index (χ1n) is 15.0. The molecule has 240 valence electrons. The molecule has 46 heavy (non-hydrogen) atoms. The van der Waals surface area contributed by atoms with Crippen LogP contribution in [0.4, 0.5) is 9.59 Å². The molecular formula is C34H37ClN6O5. The van der Waals surface area contributed by atoms with Crippen LogP contribution >= 0.6 is 11.6 Å². The van der Waals surface area contributed by atoms with Crippen molar-refractivity contribution in [3.63, 3.8) is 0 Å². The number of hydrogen-bond acceptors (Lipinski definition) is 7. The number of nitrogens with one attached hydrogen (secondary N) is 1. The van der Waals surface area contributed by atoms with Gasteiger partial charge in [0.15, 0.2) is 0 Å². The van der Waals surface area contributed by atoms with Crippen LogP contribution in [0.3, 0.4) is 0 Å². The number of rotatable bonds is 8. The Morgan fingerprint density at radius 2 is 1.59 bits per heavy atom. The molecule has 11 nitrogen and oxygen atoms in total. The minimum absolute atomic E-state index is 0.0438. The van der Waals surface area contributed by atoms with E-state index in [2.05, 4.69) is 15.3 Å². The molecule has 0 spiro atoms. The van der Waals surface area contributed by atoms with Crippen molar-refractivity contribution in [2.45, 2.75) is 46.1 Å². The summed E-state index contributed by atoms with van der Waals surface area (Å²) < 4.78 is 12.6. The Morgan fingerprint density at radius 3 is 2.28 bits per heavy atom. The molecule has 3 amide bonds. The van der Waals surface area contributed by atoms with Gasteiger partial charge in [-0.1, -0.05) is 54.1 Å². The summed E-state index contributed by atoms with van der Waals surface area (Å²) in [5, 5.41) is 3.34. The van der Waals surface area contributed by atoms with Crippen LogP contribution in [0.2, 0.25) is 5.02 Å². The van der Waals surface area contributed by atoms with Crippen LogP contribution in [0, 0.1) is 0 Å². The lowest BCUT2D eigenvalue weighted by Gasteiger charge is -2.34. The van der Waals surface area contributed by atoms with Crippen LogP contribution in [0.1, 0.15) is 32.0 Å². The second-order valence-corrected chi connectivity index (χ2v) is 12.3. The highest BCUT2D eigenvalue weighted by Crippen LogP contribution is 2.32. The lowest BCUT2D eigenvalue weighted by molar-refractivity contribution is -0.133. The van der Waals surface area contributed by atoms with Crippen LogP contribution in [-0.2, 0) is 34.0 Å². The molecule has 1 aliphatic heterocycles. The van der Waals surface area contributed by atoms with Gasteiger partial charge in [-0.05, 0) is 50.6 Å². The molecule has 0 aliphatic carbocycles. The molecule has 0 atom stereocenters. The first kappa shape index (κ1) is 32.5. The topological polar surface area (TPSA) is 119 Å². The lowest BCUT2D eigenvalue weighted by Crippen LogP contribution is -2.51. The maximum atomic E-state index is 13.5. The average molecular weight is 645 g/mol. The maximum absolute atomic E-state index is 13.5. The van der Waals surface area contributed by atoms with Gasteiger partial charge in [-0.2, -0.15) is 0 Å². The van der Waals surface area contributed by atoms with E-state index in [1.54, 1.807) is 55.2 Å². The smallest absolute Gasteiger partial charge is 0.410 e. The van der Waals surface area contributed by atoms with Crippen molar-refractivity contribution in [2.24, 2.45) is 0 Å². The first-order valence-corrected chi connectivity index (χ1v) is 15.4. The van der Waals surface area contributed by atoms with Gasteiger partial charge >= 0.3 is 12.2 Å². The molecule has 0 unspecified atom stereocenters. The zero-order chi connectivity index (χ0) is 32.7. The van der Waals surface area contributed by atoms with E-state index in [0.717, 1.165) is 22.4 Å². The Bertz CT molecular complexity index is 1660. The number of carbonyl (C=O) groups excluding carboxylic acids is 3. The Hall–Kier alpha value is -4.90. The van der Waals surface area contributed by atoms with Crippen molar-refractivity contribution < 1.29 is 23.9 Å². The number of halogens is 1. The molecule has 4 aromatic rings. The second-order valence-electron chi connectivity index (χ2n) is 11.9. The van der Waals surface area contributed by atoms with Crippen molar-refractivity contribution >= 4 is 29.7 Å². The van der Waals surface area contributed by atoms with Crippen LogP contribution in [0.25, 0.3) is 22.5 Å². The van der Waals surface area contributed by atoms with Gasteiger partial charge in [0, 0.05) is 48.5 Å². The van der Waals surface area contributed by atoms with Crippen LogP contribution < -0.4 is 5.32 Å². The molecule has 0 bridgehead atoms. The van der Waals surface area contributed by atoms with E-state index in [9.17, 15) is 14.4 Å². The average Bonchev–Trinajstić information content (AvgIpc) is 3.46. The number of alkyl carbamates (subject to hydrolysis) is 1. The molecule has 3 heterocycles. The predicted octanol–water partition coefficient (Wildman–Crippen LogP) is 5.77. The Kier molecular flexibility index (Phi) is 10.2. The Labute approximate surface area is 273 Å². The number of hydrogen-bond donors (Lipinski definition) is 1. The van der Waals surface area contributed by atoms with Crippen LogP contribution in [0.15, 0.2) is 79.3 Å². The second kappa shape index (κ2) is 14.5. The van der Waals surface area contributed by atoms with E-state index < -0.39 is 17.8 Å². The highest BCUT2D eigenvalue weighted by Gasteiger charge is 2.26. The number of aromatic nitrogens is 3. The molecule has 0 saturated carbocycles. The van der Waals surface area contributed by atoms with Gasteiger partial charge in [0.05, 0.1) is 30.0 Å². The van der Waals surface area contributed by atoms with E-state index in [1.165, 1.54) is 0 Å². The van der Waals surface area contributed by atoms with E-state index in [1.807, 2.05) is 59.2 Å². The van der Waals surface area contributed by atoms with Crippen LogP contribution in [-0.4, -0.2) is 74.2 Å². The standard InChI is InChI=1S/C34H37ClN6O5/c1-34(2,3)46-32(43)37-20-28-19-26(13-14-36-28)31-30(25-9-11-27(35)12-10-25)38-23-41(31)21-29(42)39-15-17-40(18-16-39)33(44)45-22-24-7-5-4-6-8-24/h4-14,19,23H,15-18,20-22H2,1-3H3,(H,37,43). The van der Waals surface area contributed by atoms with Crippen molar-refractivity contribution in [1.29, 1.82) is 0 Å². The van der Waals surface area contributed by atoms with Crippen molar-refractivity contribution in [3.8, 4) is 22.5 Å². The Morgan fingerprint density at radius 1 is 0.891 bits per heavy atom. The third-order valence-corrected chi connectivity index (χ3v) is 7.51. The number of ether oxygens (including phenoxy) is 2. The monoisotopic (exact) mass is 644 g/mol. The van der Waals surface area contributed by atoms with Gasteiger partial charge in [-0.15, -0.1) is 0 Å². The highest BCUT2D eigenvalue weighted by molar-refractivity contribution is 6.30. The fraction of sp³-hybridized carbons (Fsp3) is 0.324. The predicted molar refractivity (Wildman–Crippen MR) is 174 cm³/mol. The molecule has 5 rings (SSSR count). The largest absolute Gasteiger partial charge is 0.445 e. The summed E-state index contributed by atoms with van der Waals surface area (Å²) >= 11 is 6.15. The number of pyridine rings is 1. The van der Waals surface area contributed by atoms with Crippen molar-refractivity contribution in [1.82, 2.24) is 29.7 Å². The van der Waals surface area contributed by atoms with Crippen LogP contribution in [0.5, 0.6) is 0 Å². The molecule has 2 aromatic heterocycles. The van der Waals surface area contributed by atoms with Crippen molar-refractivity contribution in [2.75, 3.05) is 26.2 Å². The quantitative estimate of drug-likeness (QED) is 0.259. The summed E-state index contributed by atoms with van der Waals surface area (Å²) in [6.07, 6.45) is 2.37. The molecule has 1 N–H and O–H groups in total. The number of carbonyl (C=O) groups is 3.